The summed E-state index contributed by atoms with van der Waals surface area (Å²) >= 11 is 0. The highest BCUT2D eigenvalue weighted by molar-refractivity contribution is 5.76. The molecule has 0 aromatic carbocycles. The number of aliphatic hydroxyl groups is 2. The molecule has 15 heavy (non-hydrogen) atoms. The molecule has 1 heterocycles. The molecule has 0 bridgehead atoms. The number of aliphatic hydroxyl groups excluding tert-OH is 2. The number of methoxy groups -OCH3 is 1. The summed E-state index contributed by atoms with van der Waals surface area (Å²) in [5.41, 5.74) is -0.613. The van der Waals surface area contributed by atoms with E-state index in [-0.39, 0.29) is 5.97 Å². The maximum atomic E-state index is 11.4. The summed E-state index contributed by atoms with van der Waals surface area (Å²) in [5.74, 6) is -0.279. The van der Waals surface area contributed by atoms with Crippen molar-refractivity contribution < 1.29 is 19.7 Å². The average molecular weight is 217 g/mol. The molecule has 0 amide bonds. The Hall–Kier alpha value is -0.650. The van der Waals surface area contributed by atoms with Gasteiger partial charge in [-0.3, -0.25) is 9.69 Å². The molecule has 88 valence electrons. The van der Waals surface area contributed by atoms with E-state index in [1.54, 1.807) is 13.8 Å². The van der Waals surface area contributed by atoms with Crippen LogP contribution in [0.3, 0.4) is 0 Å². The molecule has 1 saturated heterocycles. The first kappa shape index (κ1) is 12.4. The standard InChI is InChI=1S/C10H19NO4/c1-10(2,9(14)15-3)6-11-4-7(12)8(13)5-11/h7-8,12-13H,4-6H2,1-3H3. The van der Waals surface area contributed by atoms with E-state index in [2.05, 4.69) is 4.74 Å². The van der Waals surface area contributed by atoms with Crippen LogP contribution in [-0.4, -0.2) is 60.0 Å². The lowest BCUT2D eigenvalue weighted by Crippen LogP contribution is -2.39. The lowest BCUT2D eigenvalue weighted by Gasteiger charge is -2.27. The summed E-state index contributed by atoms with van der Waals surface area (Å²) in [5, 5.41) is 18.7. The van der Waals surface area contributed by atoms with Crippen LogP contribution in [0.2, 0.25) is 0 Å². The maximum absolute atomic E-state index is 11.4. The Bertz CT molecular complexity index is 232. The van der Waals surface area contributed by atoms with Crippen molar-refractivity contribution in [2.24, 2.45) is 5.41 Å². The third kappa shape index (κ3) is 2.90. The first-order chi connectivity index (χ1) is 6.86. The number of β-amino-alcohol motifs (C(OH)–C–C–N with tert-alkyl or cyclic N) is 2. The lowest BCUT2D eigenvalue weighted by molar-refractivity contribution is -0.151. The molecule has 1 aliphatic rings. The highest BCUT2D eigenvalue weighted by atomic mass is 16.5. The van der Waals surface area contributed by atoms with Crippen LogP contribution in [0.1, 0.15) is 13.8 Å². The molecule has 0 radical (unpaired) electrons. The normalized spacial score (nSPS) is 28.1. The fourth-order valence-corrected chi connectivity index (χ4v) is 1.88. The Labute approximate surface area is 89.6 Å². The zero-order valence-corrected chi connectivity index (χ0v) is 9.43. The number of nitrogens with zero attached hydrogens (tertiary/aromatic N) is 1. The fourth-order valence-electron chi connectivity index (χ4n) is 1.88. The van der Waals surface area contributed by atoms with Crippen molar-refractivity contribution in [2.75, 3.05) is 26.7 Å². The van der Waals surface area contributed by atoms with Crippen molar-refractivity contribution in [1.82, 2.24) is 4.90 Å². The predicted molar refractivity (Wildman–Crippen MR) is 54.3 cm³/mol. The monoisotopic (exact) mass is 217 g/mol. The summed E-state index contributed by atoms with van der Waals surface area (Å²) in [6.45, 7) is 4.86. The molecule has 0 aliphatic carbocycles. The first-order valence-corrected chi connectivity index (χ1v) is 5.03. The minimum absolute atomic E-state index is 0.279. The van der Waals surface area contributed by atoms with Crippen LogP contribution < -0.4 is 0 Å². The molecule has 1 aliphatic heterocycles. The van der Waals surface area contributed by atoms with Crippen LogP contribution in [0, 0.1) is 5.41 Å². The third-order valence-electron chi connectivity index (χ3n) is 2.69. The van der Waals surface area contributed by atoms with Crippen LogP contribution >= 0.6 is 0 Å². The summed E-state index contributed by atoms with van der Waals surface area (Å²) in [4.78, 5) is 13.3. The smallest absolute Gasteiger partial charge is 0.312 e. The number of carbonyl (C=O) groups is 1. The number of rotatable bonds is 3. The molecular formula is C10H19NO4. The van der Waals surface area contributed by atoms with Gasteiger partial charge in [0.1, 0.15) is 0 Å². The van der Waals surface area contributed by atoms with Gasteiger partial charge in [-0.2, -0.15) is 0 Å². The van der Waals surface area contributed by atoms with Crippen LogP contribution in [-0.2, 0) is 9.53 Å². The van der Waals surface area contributed by atoms with Gasteiger partial charge in [0.2, 0.25) is 0 Å². The van der Waals surface area contributed by atoms with Gasteiger partial charge in [-0.1, -0.05) is 0 Å². The second-order valence-corrected chi connectivity index (χ2v) is 4.70. The minimum atomic E-state index is -0.710. The van der Waals surface area contributed by atoms with Crippen molar-refractivity contribution in [3.63, 3.8) is 0 Å². The van der Waals surface area contributed by atoms with E-state index in [0.29, 0.717) is 19.6 Å². The van der Waals surface area contributed by atoms with Gasteiger partial charge in [0.25, 0.3) is 0 Å². The number of hydrogen-bond donors (Lipinski definition) is 2. The van der Waals surface area contributed by atoms with Crippen molar-refractivity contribution in [1.29, 1.82) is 0 Å². The van der Waals surface area contributed by atoms with E-state index >= 15 is 0 Å². The van der Waals surface area contributed by atoms with Gasteiger partial charge in [0, 0.05) is 19.6 Å². The molecule has 2 atom stereocenters. The fraction of sp³-hybridized carbons (Fsp3) is 0.900. The molecule has 0 aromatic rings. The molecule has 2 unspecified atom stereocenters. The van der Waals surface area contributed by atoms with Gasteiger partial charge in [0.05, 0.1) is 24.7 Å². The maximum Gasteiger partial charge on any atom is 0.312 e. The largest absolute Gasteiger partial charge is 0.469 e. The Balaban J connectivity index is 2.52. The number of hydrogen-bond acceptors (Lipinski definition) is 5. The van der Waals surface area contributed by atoms with Gasteiger partial charge < -0.3 is 14.9 Å². The van der Waals surface area contributed by atoms with E-state index < -0.39 is 17.6 Å². The minimum Gasteiger partial charge on any atom is -0.469 e. The van der Waals surface area contributed by atoms with Crippen molar-refractivity contribution >= 4 is 5.97 Å². The van der Waals surface area contributed by atoms with Crippen LogP contribution in [0.4, 0.5) is 0 Å². The number of ether oxygens (including phenoxy) is 1. The molecular weight excluding hydrogens is 198 g/mol. The molecule has 1 fully saturated rings. The zero-order valence-electron chi connectivity index (χ0n) is 9.43. The molecule has 5 nitrogen and oxygen atoms in total. The van der Waals surface area contributed by atoms with Gasteiger partial charge in [-0.25, -0.2) is 0 Å². The number of likely N-dealkylation sites (tertiary alicyclic amines) is 1. The average Bonchev–Trinajstić information content (AvgIpc) is 2.43. The molecule has 0 saturated carbocycles. The predicted octanol–water partition coefficient (Wildman–Crippen LogP) is -0.777. The summed E-state index contributed by atoms with van der Waals surface area (Å²) in [7, 11) is 1.36. The Morgan fingerprint density at radius 3 is 2.27 bits per heavy atom. The molecule has 1 rings (SSSR count). The molecule has 2 N–H and O–H groups in total. The Morgan fingerprint density at radius 2 is 1.87 bits per heavy atom. The van der Waals surface area contributed by atoms with Crippen LogP contribution in [0.25, 0.3) is 0 Å². The topological polar surface area (TPSA) is 70.0 Å². The highest BCUT2D eigenvalue weighted by Gasteiger charge is 2.36. The van der Waals surface area contributed by atoms with Crippen LogP contribution in [0.5, 0.6) is 0 Å². The third-order valence-corrected chi connectivity index (χ3v) is 2.69. The van der Waals surface area contributed by atoms with Crippen molar-refractivity contribution in [3.05, 3.63) is 0 Å². The Kier molecular flexibility index (Phi) is 3.70. The summed E-state index contributed by atoms with van der Waals surface area (Å²) in [6, 6.07) is 0. The van der Waals surface area contributed by atoms with Gasteiger partial charge >= 0.3 is 5.97 Å². The Morgan fingerprint density at radius 1 is 1.40 bits per heavy atom. The lowest BCUT2D eigenvalue weighted by atomic mass is 9.93. The van der Waals surface area contributed by atoms with Gasteiger partial charge in [-0.15, -0.1) is 0 Å². The molecule has 5 heteroatoms. The highest BCUT2D eigenvalue weighted by Crippen LogP contribution is 2.21. The van der Waals surface area contributed by atoms with E-state index in [0.717, 1.165) is 0 Å². The van der Waals surface area contributed by atoms with E-state index in [1.165, 1.54) is 7.11 Å². The summed E-state index contributed by atoms with van der Waals surface area (Å²) in [6.07, 6.45) is -1.42. The zero-order chi connectivity index (χ0) is 11.6. The van der Waals surface area contributed by atoms with Crippen LogP contribution in [0.15, 0.2) is 0 Å². The van der Waals surface area contributed by atoms with Gasteiger partial charge in [-0.05, 0) is 13.8 Å². The van der Waals surface area contributed by atoms with E-state index in [9.17, 15) is 15.0 Å². The van der Waals surface area contributed by atoms with Crippen molar-refractivity contribution in [2.45, 2.75) is 26.1 Å². The van der Waals surface area contributed by atoms with E-state index in [4.69, 9.17) is 0 Å². The molecule has 0 aromatic heterocycles. The quantitative estimate of drug-likeness (QED) is 0.607. The molecule has 0 spiro atoms. The number of carbonyl (C=O) groups excluding carboxylic acids is 1. The first-order valence-electron chi connectivity index (χ1n) is 5.03. The second kappa shape index (κ2) is 4.47. The van der Waals surface area contributed by atoms with E-state index in [1.807, 2.05) is 4.90 Å². The number of esters is 1. The SMILES string of the molecule is COC(=O)C(C)(C)CN1CC(O)C(O)C1. The van der Waals surface area contributed by atoms with Gasteiger partial charge in [0.15, 0.2) is 0 Å². The second-order valence-electron chi connectivity index (χ2n) is 4.70. The summed E-state index contributed by atoms with van der Waals surface area (Å²) < 4.78 is 4.69. The van der Waals surface area contributed by atoms with Crippen molar-refractivity contribution in [3.8, 4) is 0 Å².